The Kier molecular flexibility index (Phi) is 6.59. The van der Waals surface area contributed by atoms with Crippen LogP contribution in [-0.4, -0.2) is 36.5 Å². The molecule has 2 aliphatic rings. The predicted octanol–water partition coefficient (Wildman–Crippen LogP) is 3.53. The summed E-state index contributed by atoms with van der Waals surface area (Å²) in [5.74, 6) is 3.70. The molecule has 1 saturated heterocycles. The van der Waals surface area contributed by atoms with Crippen LogP contribution in [0.15, 0.2) is 27.8 Å². The summed E-state index contributed by atoms with van der Waals surface area (Å²) >= 11 is 0. The van der Waals surface area contributed by atoms with Gasteiger partial charge in [-0.05, 0) is 43.2 Å². The molecule has 1 saturated carbocycles. The number of halogens is 1. The lowest BCUT2D eigenvalue weighted by atomic mass is 9.89. The van der Waals surface area contributed by atoms with Gasteiger partial charge in [0, 0.05) is 32.1 Å². The van der Waals surface area contributed by atoms with Gasteiger partial charge < -0.3 is 14.6 Å². The predicted molar refractivity (Wildman–Crippen MR) is 101 cm³/mol. The molecular formula is C17H28IN3O. The molecular weight excluding hydrogens is 389 g/mol. The Balaban J connectivity index is 0.00000176. The van der Waals surface area contributed by atoms with Crippen LogP contribution in [-0.2, 0) is 6.42 Å². The summed E-state index contributed by atoms with van der Waals surface area (Å²) in [7, 11) is 0. The van der Waals surface area contributed by atoms with E-state index in [1.54, 1.807) is 6.26 Å². The van der Waals surface area contributed by atoms with Crippen molar-refractivity contribution in [3.8, 4) is 0 Å². The smallest absolute Gasteiger partial charge is 0.194 e. The molecule has 0 aromatic carbocycles. The highest BCUT2D eigenvalue weighted by Crippen LogP contribution is 2.24. The van der Waals surface area contributed by atoms with Crippen LogP contribution in [0.3, 0.4) is 0 Å². The summed E-state index contributed by atoms with van der Waals surface area (Å²) in [6, 6.07) is 4.62. The third-order valence-corrected chi connectivity index (χ3v) is 4.74. The minimum Gasteiger partial charge on any atom is -0.469 e. The van der Waals surface area contributed by atoms with Crippen LogP contribution in [0.5, 0.6) is 0 Å². The van der Waals surface area contributed by atoms with Crippen molar-refractivity contribution in [1.29, 1.82) is 0 Å². The zero-order chi connectivity index (χ0) is 14.7. The fourth-order valence-corrected chi connectivity index (χ4v) is 2.83. The van der Waals surface area contributed by atoms with Crippen molar-refractivity contribution in [1.82, 2.24) is 10.2 Å². The zero-order valence-corrected chi connectivity index (χ0v) is 16.0. The zero-order valence-electron chi connectivity index (χ0n) is 13.6. The van der Waals surface area contributed by atoms with E-state index in [-0.39, 0.29) is 24.0 Å². The highest BCUT2D eigenvalue weighted by Gasteiger charge is 2.28. The summed E-state index contributed by atoms with van der Waals surface area (Å²) in [4.78, 5) is 7.28. The number of aliphatic imine (C=N–C) groups is 1. The van der Waals surface area contributed by atoms with Crippen molar-refractivity contribution < 1.29 is 4.42 Å². The summed E-state index contributed by atoms with van der Waals surface area (Å²) in [6.07, 6.45) is 6.46. The number of nitrogens with one attached hydrogen (secondary N) is 1. The highest BCUT2D eigenvalue weighted by molar-refractivity contribution is 14.0. The Labute approximate surface area is 150 Å². The molecule has 2 unspecified atom stereocenters. The lowest BCUT2D eigenvalue weighted by Crippen LogP contribution is -2.48. The number of likely N-dealkylation sites (tertiary alicyclic amines) is 1. The van der Waals surface area contributed by atoms with E-state index >= 15 is 0 Å². The van der Waals surface area contributed by atoms with Crippen LogP contribution in [0.2, 0.25) is 0 Å². The van der Waals surface area contributed by atoms with Gasteiger partial charge in [-0.25, -0.2) is 0 Å². The maximum absolute atomic E-state index is 5.38. The Morgan fingerprint density at radius 1 is 1.32 bits per heavy atom. The average Bonchev–Trinajstić information content (AvgIpc) is 3.14. The van der Waals surface area contributed by atoms with Gasteiger partial charge in [0.2, 0.25) is 0 Å². The first-order valence-electron chi connectivity index (χ1n) is 8.30. The molecule has 1 aliphatic carbocycles. The first kappa shape index (κ1) is 17.6. The Hall–Kier alpha value is -0.720. The number of nitrogens with zero attached hydrogens (tertiary/aromatic N) is 2. The molecule has 1 aromatic rings. The van der Waals surface area contributed by atoms with Gasteiger partial charge >= 0.3 is 0 Å². The maximum atomic E-state index is 5.38. The van der Waals surface area contributed by atoms with Gasteiger partial charge in [-0.1, -0.05) is 13.8 Å². The lowest BCUT2D eigenvalue weighted by molar-refractivity contribution is 0.199. The second kappa shape index (κ2) is 8.22. The van der Waals surface area contributed by atoms with E-state index in [0.29, 0.717) is 6.04 Å². The standard InChI is InChI=1S/C17H27N3O.HI/c1-13-8-10-20(12-14(13)2)17(19-15-5-6-15)18-9-7-16-4-3-11-21-16;/h3-4,11,13-15H,5-10,12H2,1-2H3,(H,18,19);1H. The summed E-state index contributed by atoms with van der Waals surface area (Å²) in [6.45, 7) is 7.77. The molecule has 1 aromatic heterocycles. The number of furan rings is 1. The van der Waals surface area contributed by atoms with Crippen LogP contribution in [0.1, 0.15) is 38.9 Å². The topological polar surface area (TPSA) is 40.8 Å². The number of rotatable bonds is 4. The highest BCUT2D eigenvalue weighted by atomic mass is 127. The van der Waals surface area contributed by atoms with Crippen molar-refractivity contribution in [2.75, 3.05) is 19.6 Å². The van der Waals surface area contributed by atoms with E-state index in [1.807, 2.05) is 12.1 Å². The molecule has 3 rings (SSSR count). The number of guanidine groups is 1. The molecule has 1 aliphatic heterocycles. The molecule has 0 spiro atoms. The van der Waals surface area contributed by atoms with Gasteiger partial charge in [-0.3, -0.25) is 4.99 Å². The molecule has 4 nitrogen and oxygen atoms in total. The first-order chi connectivity index (χ1) is 10.2. The van der Waals surface area contributed by atoms with Crippen LogP contribution in [0.4, 0.5) is 0 Å². The van der Waals surface area contributed by atoms with Gasteiger partial charge in [-0.2, -0.15) is 0 Å². The molecule has 0 amide bonds. The van der Waals surface area contributed by atoms with Gasteiger partial charge in [0.15, 0.2) is 5.96 Å². The minimum atomic E-state index is 0. The largest absolute Gasteiger partial charge is 0.469 e. The van der Waals surface area contributed by atoms with Crippen molar-refractivity contribution in [3.05, 3.63) is 24.2 Å². The molecule has 22 heavy (non-hydrogen) atoms. The minimum absolute atomic E-state index is 0. The van der Waals surface area contributed by atoms with Crippen LogP contribution >= 0.6 is 24.0 Å². The van der Waals surface area contributed by atoms with Gasteiger partial charge in [-0.15, -0.1) is 24.0 Å². The molecule has 2 atom stereocenters. The molecule has 1 N–H and O–H groups in total. The second-order valence-electron chi connectivity index (χ2n) is 6.64. The average molecular weight is 417 g/mol. The maximum Gasteiger partial charge on any atom is 0.194 e. The Bertz CT molecular complexity index is 470. The molecule has 2 fully saturated rings. The quantitative estimate of drug-likeness (QED) is 0.463. The van der Waals surface area contributed by atoms with E-state index < -0.39 is 0 Å². The molecule has 124 valence electrons. The van der Waals surface area contributed by atoms with E-state index in [4.69, 9.17) is 9.41 Å². The van der Waals surface area contributed by atoms with Crippen LogP contribution in [0.25, 0.3) is 0 Å². The van der Waals surface area contributed by atoms with Crippen molar-refractivity contribution in [2.24, 2.45) is 16.8 Å². The lowest BCUT2D eigenvalue weighted by Gasteiger charge is -2.37. The summed E-state index contributed by atoms with van der Waals surface area (Å²) < 4.78 is 5.38. The third-order valence-electron chi connectivity index (χ3n) is 4.74. The Morgan fingerprint density at radius 2 is 2.14 bits per heavy atom. The molecule has 5 heteroatoms. The number of hydrogen-bond acceptors (Lipinski definition) is 2. The van der Waals surface area contributed by atoms with E-state index in [0.717, 1.165) is 49.6 Å². The Morgan fingerprint density at radius 3 is 2.77 bits per heavy atom. The van der Waals surface area contributed by atoms with Gasteiger partial charge in [0.05, 0.1) is 6.26 Å². The first-order valence-corrected chi connectivity index (χ1v) is 8.30. The fourth-order valence-electron chi connectivity index (χ4n) is 2.83. The third kappa shape index (κ3) is 4.89. The van der Waals surface area contributed by atoms with Crippen molar-refractivity contribution >= 4 is 29.9 Å². The number of hydrogen-bond donors (Lipinski definition) is 1. The fraction of sp³-hybridized carbons (Fsp3) is 0.706. The normalized spacial score (nSPS) is 25.7. The molecule has 0 radical (unpaired) electrons. The second-order valence-corrected chi connectivity index (χ2v) is 6.64. The van der Waals surface area contributed by atoms with Gasteiger partial charge in [0.1, 0.15) is 5.76 Å². The van der Waals surface area contributed by atoms with Crippen LogP contribution < -0.4 is 5.32 Å². The number of piperidine rings is 1. The van der Waals surface area contributed by atoms with E-state index in [9.17, 15) is 0 Å². The van der Waals surface area contributed by atoms with Crippen molar-refractivity contribution in [3.63, 3.8) is 0 Å². The van der Waals surface area contributed by atoms with Crippen LogP contribution in [0, 0.1) is 11.8 Å². The molecule has 0 bridgehead atoms. The van der Waals surface area contributed by atoms with Gasteiger partial charge in [0.25, 0.3) is 0 Å². The van der Waals surface area contributed by atoms with E-state index in [1.165, 1.54) is 19.3 Å². The molecule has 2 heterocycles. The summed E-state index contributed by atoms with van der Waals surface area (Å²) in [5, 5.41) is 3.62. The van der Waals surface area contributed by atoms with E-state index in [2.05, 4.69) is 24.1 Å². The summed E-state index contributed by atoms with van der Waals surface area (Å²) in [5.41, 5.74) is 0. The van der Waals surface area contributed by atoms with Crippen molar-refractivity contribution in [2.45, 2.75) is 45.6 Å². The monoisotopic (exact) mass is 417 g/mol. The SMILES string of the molecule is CC1CCN(C(=NCCc2ccco2)NC2CC2)CC1C.I.